The Labute approximate surface area is 130 Å². The Morgan fingerprint density at radius 2 is 2.18 bits per heavy atom. The molecule has 22 heavy (non-hydrogen) atoms. The summed E-state index contributed by atoms with van der Waals surface area (Å²) in [4.78, 5) is 19.1. The van der Waals surface area contributed by atoms with E-state index in [2.05, 4.69) is 10.3 Å². The first-order valence-electron chi connectivity index (χ1n) is 7.69. The predicted molar refractivity (Wildman–Crippen MR) is 84.7 cm³/mol. The highest BCUT2D eigenvalue weighted by Gasteiger charge is 2.32. The van der Waals surface area contributed by atoms with Crippen LogP contribution in [-0.4, -0.2) is 42.0 Å². The lowest BCUT2D eigenvalue weighted by Crippen LogP contribution is -2.40. The Kier molecular flexibility index (Phi) is 4.24. The molecule has 2 heterocycles. The van der Waals surface area contributed by atoms with Crippen LogP contribution in [0.3, 0.4) is 0 Å². The number of aryl methyl sites for hydroxylation is 1. The largest absolute Gasteiger partial charge is 0.431 e. The van der Waals surface area contributed by atoms with E-state index >= 15 is 0 Å². The van der Waals surface area contributed by atoms with E-state index in [0.29, 0.717) is 17.3 Å². The minimum atomic E-state index is -0.0510. The summed E-state index contributed by atoms with van der Waals surface area (Å²) in [5, 5.41) is 3.15. The van der Waals surface area contributed by atoms with Crippen molar-refractivity contribution >= 4 is 5.91 Å². The number of carbonyl (C=O) groups is 1. The average molecular weight is 299 g/mol. The monoisotopic (exact) mass is 299 g/mol. The lowest BCUT2D eigenvalue weighted by atomic mass is 10.2. The van der Waals surface area contributed by atoms with E-state index in [1.54, 1.807) is 0 Å². The number of carbonyl (C=O) groups excluding carboxylic acids is 1. The zero-order valence-electron chi connectivity index (χ0n) is 13.0. The van der Waals surface area contributed by atoms with Gasteiger partial charge in [0, 0.05) is 24.7 Å². The normalized spacial score (nSPS) is 17.9. The molecule has 1 atom stereocenters. The zero-order chi connectivity index (χ0) is 15.5. The number of nitrogens with one attached hydrogen (secondary N) is 1. The number of hydrogen-bond donors (Lipinski definition) is 1. The number of rotatable bonds is 4. The summed E-state index contributed by atoms with van der Waals surface area (Å²) >= 11 is 0. The lowest BCUT2D eigenvalue weighted by Gasteiger charge is -2.23. The Morgan fingerprint density at radius 1 is 1.41 bits per heavy atom. The van der Waals surface area contributed by atoms with Crippen LogP contribution < -0.4 is 5.32 Å². The standard InChI is InChI=1S/C17H21N3O2/c1-12-15(17(21)20-10-6-9-14(20)11-18-2)22-16(19-12)13-7-4-3-5-8-13/h3-5,7-8,14,18H,6,9-11H2,1-2H3. The molecule has 0 saturated carbocycles. The maximum atomic E-state index is 12.8. The SMILES string of the molecule is CNCC1CCCN1C(=O)c1oc(-c2ccccc2)nc1C. The number of likely N-dealkylation sites (tertiary alicyclic amines) is 1. The van der Waals surface area contributed by atoms with Crippen LogP contribution in [0.1, 0.15) is 29.1 Å². The van der Waals surface area contributed by atoms with Gasteiger partial charge >= 0.3 is 0 Å². The number of amides is 1. The molecule has 116 valence electrons. The van der Waals surface area contributed by atoms with Crippen molar-refractivity contribution in [2.45, 2.75) is 25.8 Å². The van der Waals surface area contributed by atoms with E-state index in [1.807, 2.05) is 49.2 Å². The molecular weight excluding hydrogens is 278 g/mol. The molecule has 1 amide bonds. The maximum Gasteiger partial charge on any atom is 0.291 e. The van der Waals surface area contributed by atoms with Gasteiger partial charge in [-0.3, -0.25) is 4.79 Å². The van der Waals surface area contributed by atoms with Crippen molar-refractivity contribution in [3.05, 3.63) is 41.8 Å². The fourth-order valence-corrected chi connectivity index (χ4v) is 2.98. The van der Waals surface area contributed by atoms with Gasteiger partial charge in [-0.25, -0.2) is 4.98 Å². The topological polar surface area (TPSA) is 58.4 Å². The van der Waals surface area contributed by atoms with Crippen molar-refractivity contribution in [2.75, 3.05) is 20.1 Å². The highest BCUT2D eigenvalue weighted by molar-refractivity contribution is 5.93. The van der Waals surface area contributed by atoms with E-state index in [9.17, 15) is 4.79 Å². The molecule has 0 aliphatic carbocycles. The van der Waals surface area contributed by atoms with Gasteiger partial charge < -0.3 is 14.6 Å². The van der Waals surface area contributed by atoms with Gasteiger partial charge in [0.2, 0.25) is 11.7 Å². The number of likely N-dealkylation sites (N-methyl/N-ethyl adjacent to an activating group) is 1. The number of oxazole rings is 1. The lowest BCUT2D eigenvalue weighted by molar-refractivity contribution is 0.0704. The van der Waals surface area contributed by atoms with Crippen LogP contribution in [0.5, 0.6) is 0 Å². The second-order valence-electron chi connectivity index (χ2n) is 5.65. The summed E-state index contributed by atoms with van der Waals surface area (Å²) in [5.41, 5.74) is 1.54. The quantitative estimate of drug-likeness (QED) is 0.942. The van der Waals surface area contributed by atoms with Gasteiger partial charge in [0.25, 0.3) is 5.91 Å². The molecule has 0 bridgehead atoms. The molecule has 0 spiro atoms. The first-order chi connectivity index (χ1) is 10.7. The Morgan fingerprint density at radius 3 is 2.91 bits per heavy atom. The number of hydrogen-bond acceptors (Lipinski definition) is 4. The molecule has 1 fully saturated rings. The molecule has 1 aromatic heterocycles. The maximum absolute atomic E-state index is 12.8. The predicted octanol–water partition coefficient (Wildman–Crippen LogP) is 2.47. The Bertz CT molecular complexity index is 651. The van der Waals surface area contributed by atoms with Crippen LogP contribution in [0.15, 0.2) is 34.7 Å². The summed E-state index contributed by atoms with van der Waals surface area (Å²) in [7, 11) is 1.91. The van der Waals surface area contributed by atoms with Crippen LogP contribution in [0, 0.1) is 6.92 Å². The third kappa shape index (κ3) is 2.76. The molecular formula is C17H21N3O2. The van der Waals surface area contributed by atoms with Gasteiger partial charge in [0.1, 0.15) is 0 Å². The summed E-state index contributed by atoms with van der Waals surface area (Å²) in [6, 6.07) is 9.90. The Hall–Kier alpha value is -2.14. The summed E-state index contributed by atoms with van der Waals surface area (Å²) in [6.45, 7) is 3.42. The van der Waals surface area contributed by atoms with Gasteiger partial charge in [-0.1, -0.05) is 18.2 Å². The molecule has 1 N–H and O–H groups in total. The van der Waals surface area contributed by atoms with Crippen LogP contribution in [0.2, 0.25) is 0 Å². The van der Waals surface area contributed by atoms with Crippen molar-refractivity contribution in [1.82, 2.24) is 15.2 Å². The average Bonchev–Trinajstić information content (AvgIpc) is 3.15. The highest BCUT2D eigenvalue weighted by atomic mass is 16.4. The highest BCUT2D eigenvalue weighted by Crippen LogP contribution is 2.25. The van der Waals surface area contributed by atoms with E-state index in [-0.39, 0.29) is 11.9 Å². The van der Waals surface area contributed by atoms with Gasteiger partial charge in [-0.2, -0.15) is 0 Å². The van der Waals surface area contributed by atoms with Gasteiger partial charge in [0.15, 0.2) is 0 Å². The molecule has 1 saturated heterocycles. The molecule has 0 radical (unpaired) electrons. The van der Waals surface area contributed by atoms with E-state index in [4.69, 9.17) is 4.42 Å². The summed E-state index contributed by atoms with van der Waals surface area (Å²) in [5.74, 6) is 0.817. The van der Waals surface area contributed by atoms with Gasteiger partial charge in [-0.05, 0) is 38.9 Å². The van der Waals surface area contributed by atoms with Gasteiger partial charge in [-0.15, -0.1) is 0 Å². The van der Waals surface area contributed by atoms with E-state index in [0.717, 1.165) is 31.5 Å². The van der Waals surface area contributed by atoms with Crippen molar-refractivity contribution in [3.8, 4) is 11.5 Å². The van der Waals surface area contributed by atoms with E-state index in [1.165, 1.54) is 0 Å². The van der Waals surface area contributed by atoms with Crippen molar-refractivity contribution in [2.24, 2.45) is 0 Å². The molecule has 5 heteroatoms. The minimum Gasteiger partial charge on any atom is -0.431 e. The third-order valence-corrected chi connectivity index (χ3v) is 4.09. The molecule has 1 unspecified atom stereocenters. The summed E-state index contributed by atoms with van der Waals surface area (Å²) in [6.07, 6.45) is 2.07. The van der Waals surface area contributed by atoms with Crippen molar-refractivity contribution < 1.29 is 9.21 Å². The van der Waals surface area contributed by atoms with Gasteiger partial charge in [0.05, 0.1) is 5.69 Å². The smallest absolute Gasteiger partial charge is 0.291 e. The first-order valence-corrected chi connectivity index (χ1v) is 7.69. The van der Waals surface area contributed by atoms with Crippen LogP contribution in [0.4, 0.5) is 0 Å². The fourth-order valence-electron chi connectivity index (χ4n) is 2.98. The zero-order valence-corrected chi connectivity index (χ0v) is 13.0. The second-order valence-corrected chi connectivity index (χ2v) is 5.65. The van der Waals surface area contributed by atoms with Crippen LogP contribution in [-0.2, 0) is 0 Å². The Balaban J connectivity index is 1.86. The van der Waals surface area contributed by atoms with E-state index < -0.39 is 0 Å². The number of nitrogens with zero attached hydrogens (tertiary/aromatic N) is 2. The second kappa shape index (κ2) is 6.32. The summed E-state index contributed by atoms with van der Waals surface area (Å²) < 4.78 is 5.78. The number of aromatic nitrogens is 1. The fraction of sp³-hybridized carbons (Fsp3) is 0.412. The van der Waals surface area contributed by atoms with Crippen molar-refractivity contribution in [3.63, 3.8) is 0 Å². The number of benzene rings is 1. The molecule has 1 aliphatic heterocycles. The third-order valence-electron chi connectivity index (χ3n) is 4.09. The first kappa shape index (κ1) is 14.8. The molecule has 5 nitrogen and oxygen atoms in total. The van der Waals surface area contributed by atoms with Crippen molar-refractivity contribution in [1.29, 1.82) is 0 Å². The van der Waals surface area contributed by atoms with Crippen LogP contribution in [0.25, 0.3) is 11.5 Å². The molecule has 1 aromatic carbocycles. The van der Waals surface area contributed by atoms with Crippen LogP contribution >= 0.6 is 0 Å². The molecule has 3 rings (SSSR count). The molecule has 1 aliphatic rings. The minimum absolute atomic E-state index is 0.0510. The molecule has 2 aromatic rings.